The second kappa shape index (κ2) is 2.80. The molecule has 1 nitrogen and oxygen atoms in total. The molecule has 0 atom stereocenters. The van der Waals surface area contributed by atoms with E-state index in [0.717, 1.165) is 11.1 Å². The number of benzene rings is 1. The predicted octanol–water partition coefficient (Wildman–Crippen LogP) is 2.05. The summed E-state index contributed by atoms with van der Waals surface area (Å²) in [5.41, 5.74) is 1.58. The highest BCUT2D eigenvalue weighted by Gasteiger charge is 1.97. The number of hydrogen-bond acceptors (Lipinski definition) is 2. The van der Waals surface area contributed by atoms with Crippen molar-refractivity contribution in [3.63, 3.8) is 0 Å². The highest BCUT2D eigenvalue weighted by Crippen LogP contribution is 2.19. The average Bonchev–Trinajstić information content (AvgIpc) is 1.95. The Morgan fingerprint density at radius 2 is 2.20 bits per heavy atom. The van der Waals surface area contributed by atoms with Crippen molar-refractivity contribution in [3.05, 3.63) is 29.3 Å². The van der Waals surface area contributed by atoms with Gasteiger partial charge in [0.05, 0.1) is 0 Å². The molecule has 0 unspecified atom stereocenters. The van der Waals surface area contributed by atoms with E-state index in [0.29, 0.717) is 0 Å². The van der Waals surface area contributed by atoms with E-state index in [1.807, 2.05) is 19.1 Å². The summed E-state index contributed by atoms with van der Waals surface area (Å²) in [6, 6.07) is 5.50. The zero-order valence-corrected chi connectivity index (χ0v) is 6.48. The van der Waals surface area contributed by atoms with Crippen molar-refractivity contribution in [2.75, 3.05) is 0 Å². The molecular weight excluding hydrogens is 144 g/mol. The van der Waals surface area contributed by atoms with E-state index < -0.39 is 0 Å². The van der Waals surface area contributed by atoms with Crippen molar-refractivity contribution in [2.45, 2.75) is 6.92 Å². The molecule has 0 spiro atoms. The molecule has 0 aliphatic heterocycles. The minimum atomic E-state index is 0.289. The SMILES string of the molecule is Cc1cccc(C=S)c1O. The first kappa shape index (κ1) is 7.22. The lowest BCUT2D eigenvalue weighted by atomic mass is 10.1. The first-order valence-electron chi connectivity index (χ1n) is 2.99. The fourth-order valence-corrected chi connectivity index (χ4v) is 0.967. The first-order valence-corrected chi connectivity index (χ1v) is 3.46. The van der Waals surface area contributed by atoms with Crippen molar-refractivity contribution >= 4 is 17.6 Å². The fraction of sp³-hybridized carbons (Fsp3) is 0.125. The molecule has 1 aromatic carbocycles. The second-order valence-electron chi connectivity index (χ2n) is 2.13. The molecule has 0 radical (unpaired) electrons. The van der Waals surface area contributed by atoms with Crippen LogP contribution in [-0.2, 0) is 0 Å². The average molecular weight is 152 g/mol. The van der Waals surface area contributed by atoms with Gasteiger partial charge >= 0.3 is 0 Å². The molecule has 2 heteroatoms. The Kier molecular flexibility index (Phi) is 2.02. The fourth-order valence-electron chi connectivity index (χ4n) is 0.777. The summed E-state index contributed by atoms with van der Waals surface area (Å²) >= 11 is 4.68. The Morgan fingerprint density at radius 1 is 1.50 bits per heavy atom. The Hall–Kier alpha value is -0.890. The van der Waals surface area contributed by atoms with Crippen LogP contribution in [0.1, 0.15) is 11.1 Å². The van der Waals surface area contributed by atoms with Gasteiger partial charge in [-0.25, -0.2) is 0 Å². The molecule has 0 heterocycles. The molecule has 0 fully saturated rings. The highest BCUT2D eigenvalue weighted by molar-refractivity contribution is 7.79. The van der Waals surface area contributed by atoms with Gasteiger partial charge in [0.1, 0.15) is 5.75 Å². The van der Waals surface area contributed by atoms with E-state index in [4.69, 9.17) is 0 Å². The maximum atomic E-state index is 9.30. The van der Waals surface area contributed by atoms with Crippen LogP contribution in [0.3, 0.4) is 0 Å². The van der Waals surface area contributed by atoms with Gasteiger partial charge in [0.15, 0.2) is 0 Å². The molecule has 1 N–H and O–H groups in total. The first-order chi connectivity index (χ1) is 4.75. The van der Waals surface area contributed by atoms with Crippen LogP contribution in [0.25, 0.3) is 0 Å². The zero-order chi connectivity index (χ0) is 7.56. The molecule has 1 rings (SSSR count). The monoisotopic (exact) mass is 152 g/mol. The highest BCUT2D eigenvalue weighted by atomic mass is 32.1. The third-order valence-electron chi connectivity index (χ3n) is 1.40. The minimum Gasteiger partial charge on any atom is -0.507 e. The van der Waals surface area contributed by atoms with Crippen LogP contribution in [-0.4, -0.2) is 10.5 Å². The van der Waals surface area contributed by atoms with E-state index in [1.54, 1.807) is 6.07 Å². The van der Waals surface area contributed by atoms with Gasteiger partial charge in [-0.3, -0.25) is 0 Å². The van der Waals surface area contributed by atoms with Gasteiger partial charge in [0.2, 0.25) is 0 Å². The van der Waals surface area contributed by atoms with Crippen LogP contribution >= 0.6 is 12.2 Å². The van der Waals surface area contributed by atoms with Gasteiger partial charge < -0.3 is 5.11 Å². The number of thiocarbonyl (C=S) groups is 1. The lowest BCUT2D eigenvalue weighted by Crippen LogP contribution is -1.81. The minimum absolute atomic E-state index is 0.289. The number of phenolic OH excluding ortho intramolecular Hbond substituents is 1. The maximum absolute atomic E-state index is 9.30. The Bertz CT molecular complexity index is 255. The van der Waals surface area contributed by atoms with Crippen LogP contribution in [0.2, 0.25) is 0 Å². The maximum Gasteiger partial charge on any atom is 0.126 e. The predicted molar refractivity (Wildman–Crippen MR) is 45.6 cm³/mol. The van der Waals surface area contributed by atoms with E-state index in [9.17, 15) is 5.11 Å². The summed E-state index contributed by atoms with van der Waals surface area (Å²) in [6.45, 7) is 1.84. The van der Waals surface area contributed by atoms with Gasteiger partial charge in [-0.2, -0.15) is 0 Å². The number of aromatic hydroxyl groups is 1. The summed E-state index contributed by atoms with van der Waals surface area (Å²) in [5, 5.41) is 10.8. The smallest absolute Gasteiger partial charge is 0.126 e. The third kappa shape index (κ3) is 1.16. The summed E-state index contributed by atoms with van der Waals surface area (Å²) in [6.07, 6.45) is 0. The van der Waals surface area contributed by atoms with Crippen molar-refractivity contribution < 1.29 is 5.11 Å². The Balaban J connectivity index is 3.27. The lowest BCUT2D eigenvalue weighted by molar-refractivity contribution is 0.470. The molecule has 0 saturated heterocycles. The molecule has 0 saturated carbocycles. The quantitative estimate of drug-likeness (QED) is 0.621. The van der Waals surface area contributed by atoms with Gasteiger partial charge in [0, 0.05) is 10.9 Å². The van der Waals surface area contributed by atoms with Crippen LogP contribution in [0.4, 0.5) is 0 Å². The Labute approximate surface area is 65.3 Å². The molecule has 0 aromatic heterocycles. The number of aryl methyl sites for hydroxylation is 1. The number of phenols is 1. The number of hydrogen-bond donors (Lipinski definition) is 1. The van der Waals surface area contributed by atoms with Gasteiger partial charge in [-0.15, -0.1) is 0 Å². The van der Waals surface area contributed by atoms with Crippen molar-refractivity contribution in [1.82, 2.24) is 0 Å². The lowest BCUT2D eigenvalue weighted by Gasteiger charge is -1.99. The van der Waals surface area contributed by atoms with Crippen LogP contribution in [0, 0.1) is 6.92 Å². The second-order valence-corrected chi connectivity index (χ2v) is 2.37. The summed E-state index contributed by atoms with van der Waals surface area (Å²) in [7, 11) is 0. The number of para-hydroxylation sites is 1. The van der Waals surface area contributed by atoms with Crippen molar-refractivity contribution in [3.8, 4) is 5.75 Å². The summed E-state index contributed by atoms with van der Waals surface area (Å²) in [4.78, 5) is 0. The standard InChI is InChI=1S/C8H8OS/c1-6-3-2-4-7(5-10)8(6)9/h2-5,9H,1H3. The molecule has 0 bridgehead atoms. The zero-order valence-electron chi connectivity index (χ0n) is 5.66. The van der Waals surface area contributed by atoms with Crippen molar-refractivity contribution in [2.24, 2.45) is 0 Å². The molecule has 0 amide bonds. The molecule has 52 valence electrons. The van der Waals surface area contributed by atoms with Gasteiger partial charge in [-0.05, 0) is 12.5 Å². The summed E-state index contributed by atoms with van der Waals surface area (Å²) < 4.78 is 0. The van der Waals surface area contributed by atoms with E-state index in [2.05, 4.69) is 12.2 Å². The largest absolute Gasteiger partial charge is 0.507 e. The van der Waals surface area contributed by atoms with Crippen LogP contribution in [0.15, 0.2) is 18.2 Å². The molecule has 1 aromatic rings. The topological polar surface area (TPSA) is 20.2 Å². The van der Waals surface area contributed by atoms with E-state index in [-0.39, 0.29) is 5.75 Å². The molecule has 0 aliphatic carbocycles. The van der Waals surface area contributed by atoms with E-state index >= 15 is 0 Å². The van der Waals surface area contributed by atoms with Crippen LogP contribution in [0.5, 0.6) is 5.75 Å². The van der Waals surface area contributed by atoms with Gasteiger partial charge in [-0.1, -0.05) is 30.4 Å². The third-order valence-corrected chi connectivity index (χ3v) is 1.65. The number of rotatable bonds is 1. The van der Waals surface area contributed by atoms with E-state index in [1.165, 1.54) is 5.37 Å². The summed E-state index contributed by atoms with van der Waals surface area (Å²) in [5.74, 6) is 0.289. The van der Waals surface area contributed by atoms with Gasteiger partial charge in [0.25, 0.3) is 0 Å². The molecule has 0 aliphatic rings. The van der Waals surface area contributed by atoms with Crippen molar-refractivity contribution in [1.29, 1.82) is 0 Å². The van der Waals surface area contributed by atoms with Crippen LogP contribution < -0.4 is 0 Å². The normalized spacial score (nSPS) is 9.30. The molecular formula is C8H8OS. The Morgan fingerprint density at radius 3 is 2.70 bits per heavy atom. The molecule has 10 heavy (non-hydrogen) atoms.